The van der Waals surface area contributed by atoms with Crippen LogP contribution in [0.4, 0.5) is 4.39 Å². The summed E-state index contributed by atoms with van der Waals surface area (Å²) in [5.74, 6) is -0.405. The number of aromatic nitrogens is 3. The van der Waals surface area contributed by atoms with Crippen molar-refractivity contribution >= 4 is 22.5 Å². The summed E-state index contributed by atoms with van der Waals surface area (Å²) in [6.45, 7) is 0.798. The zero-order valence-electron chi connectivity index (χ0n) is 16.9. The quantitative estimate of drug-likeness (QED) is 0.479. The number of halogens is 2. The molecule has 5 rings (SSSR count). The first-order chi connectivity index (χ1) is 14.9. The minimum absolute atomic E-state index is 0.335. The standard InChI is InChI=1S/C23H19ClFN3O3/c1-26-19-17(22(29)27(2)23(26)30)18(13-7-9-14(24)10-8-13)28-11-12-31-21(20(19)28)15-5-3-4-6-16(15)25/h3-10,21H,11-12H2,1-2H3/t21-/m0/s1. The zero-order chi connectivity index (χ0) is 21.9. The average Bonchev–Trinajstić information content (AvgIpc) is 3.13. The Morgan fingerprint density at radius 2 is 1.74 bits per heavy atom. The van der Waals surface area contributed by atoms with Gasteiger partial charge in [-0.1, -0.05) is 41.9 Å². The fourth-order valence-corrected chi connectivity index (χ4v) is 4.54. The number of hydrogen-bond acceptors (Lipinski definition) is 3. The van der Waals surface area contributed by atoms with Crippen molar-refractivity contribution in [1.29, 1.82) is 0 Å². The lowest BCUT2D eigenvalue weighted by atomic mass is 10.0. The van der Waals surface area contributed by atoms with Crippen molar-refractivity contribution in [1.82, 2.24) is 13.7 Å². The molecular formula is C23H19ClFN3O3. The molecule has 0 saturated heterocycles. The molecule has 0 fully saturated rings. The lowest BCUT2D eigenvalue weighted by Gasteiger charge is -2.28. The molecule has 2 aromatic heterocycles. The molecule has 0 N–H and O–H groups in total. The summed E-state index contributed by atoms with van der Waals surface area (Å²) < 4.78 is 25.2. The maximum atomic E-state index is 14.7. The summed E-state index contributed by atoms with van der Waals surface area (Å²) in [5.41, 5.74) is 2.00. The van der Waals surface area contributed by atoms with Crippen LogP contribution in [-0.4, -0.2) is 20.3 Å². The van der Waals surface area contributed by atoms with Gasteiger partial charge in [0.25, 0.3) is 5.56 Å². The van der Waals surface area contributed by atoms with E-state index in [0.29, 0.717) is 46.0 Å². The van der Waals surface area contributed by atoms with E-state index in [-0.39, 0.29) is 0 Å². The Morgan fingerprint density at radius 3 is 2.45 bits per heavy atom. The fourth-order valence-electron chi connectivity index (χ4n) is 4.41. The molecule has 2 aromatic carbocycles. The van der Waals surface area contributed by atoms with E-state index < -0.39 is 23.2 Å². The Hall–Kier alpha value is -3.16. The highest BCUT2D eigenvalue weighted by molar-refractivity contribution is 6.30. The van der Waals surface area contributed by atoms with Crippen LogP contribution in [0.1, 0.15) is 17.4 Å². The van der Waals surface area contributed by atoms with Gasteiger partial charge in [-0.15, -0.1) is 0 Å². The summed E-state index contributed by atoms with van der Waals surface area (Å²) >= 11 is 6.08. The van der Waals surface area contributed by atoms with Gasteiger partial charge in [-0.25, -0.2) is 9.18 Å². The highest BCUT2D eigenvalue weighted by Gasteiger charge is 2.34. The molecule has 0 radical (unpaired) electrons. The van der Waals surface area contributed by atoms with E-state index in [2.05, 4.69) is 0 Å². The van der Waals surface area contributed by atoms with Crippen LogP contribution in [0, 0.1) is 5.82 Å². The molecule has 0 saturated carbocycles. The molecule has 6 nitrogen and oxygen atoms in total. The van der Waals surface area contributed by atoms with Gasteiger partial charge in [0, 0.05) is 31.2 Å². The Balaban J connectivity index is 1.96. The largest absolute Gasteiger partial charge is 0.365 e. The summed E-state index contributed by atoms with van der Waals surface area (Å²) in [6, 6.07) is 13.6. The van der Waals surface area contributed by atoms with Crippen molar-refractivity contribution < 1.29 is 9.13 Å². The molecule has 31 heavy (non-hydrogen) atoms. The fraction of sp³-hybridized carbons (Fsp3) is 0.217. The summed E-state index contributed by atoms with van der Waals surface area (Å²) in [4.78, 5) is 26.1. The molecule has 1 atom stereocenters. The molecule has 4 aromatic rings. The van der Waals surface area contributed by atoms with Gasteiger partial charge < -0.3 is 9.30 Å². The van der Waals surface area contributed by atoms with E-state index >= 15 is 0 Å². The summed E-state index contributed by atoms with van der Waals surface area (Å²) in [5, 5.41) is 0.972. The zero-order valence-corrected chi connectivity index (χ0v) is 17.7. The van der Waals surface area contributed by atoms with Gasteiger partial charge in [-0.2, -0.15) is 0 Å². The van der Waals surface area contributed by atoms with Crippen molar-refractivity contribution in [2.75, 3.05) is 6.61 Å². The van der Waals surface area contributed by atoms with Gasteiger partial charge in [0.2, 0.25) is 0 Å². The van der Waals surface area contributed by atoms with E-state index in [9.17, 15) is 14.0 Å². The molecule has 1 aliphatic rings. The second kappa shape index (κ2) is 7.21. The van der Waals surface area contributed by atoms with Crippen molar-refractivity contribution in [3.8, 4) is 11.3 Å². The van der Waals surface area contributed by atoms with Crippen LogP contribution in [0.2, 0.25) is 5.02 Å². The topological polar surface area (TPSA) is 58.2 Å². The number of ether oxygens (including phenoxy) is 1. The van der Waals surface area contributed by atoms with Crippen LogP contribution in [-0.2, 0) is 25.4 Å². The van der Waals surface area contributed by atoms with Crippen LogP contribution >= 0.6 is 11.6 Å². The second-order valence-corrected chi connectivity index (χ2v) is 8.03. The van der Waals surface area contributed by atoms with Crippen LogP contribution in [0.3, 0.4) is 0 Å². The second-order valence-electron chi connectivity index (χ2n) is 7.59. The lowest BCUT2D eigenvalue weighted by molar-refractivity contribution is 0.0457. The average molecular weight is 440 g/mol. The van der Waals surface area contributed by atoms with Crippen LogP contribution < -0.4 is 11.2 Å². The number of aryl methyl sites for hydroxylation is 1. The maximum Gasteiger partial charge on any atom is 0.331 e. The van der Waals surface area contributed by atoms with Crippen LogP contribution in [0.15, 0.2) is 58.1 Å². The molecule has 0 aliphatic carbocycles. The third-order valence-electron chi connectivity index (χ3n) is 5.86. The molecule has 3 heterocycles. The molecule has 8 heteroatoms. The van der Waals surface area contributed by atoms with Gasteiger partial charge in [0.05, 0.1) is 28.9 Å². The minimum Gasteiger partial charge on any atom is -0.365 e. The molecule has 158 valence electrons. The molecule has 0 amide bonds. The number of rotatable bonds is 2. The minimum atomic E-state index is -0.754. The molecule has 0 unspecified atom stereocenters. The third-order valence-corrected chi connectivity index (χ3v) is 6.11. The summed E-state index contributed by atoms with van der Waals surface area (Å²) in [7, 11) is 3.07. The number of fused-ring (bicyclic) bond motifs is 3. The predicted molar refractivity (Wildman–Crippen MR) is 117 cm³/mol. The molecular weight excluding hydrogens is 421 g/mol. The maximum absolute atomic E-state index is 14.7. The van der Waals surface area contributed by atoms with Crippen LogP contribution in [0.5, 0.6) is 0 Å². The smallest absolute Gasteiger partial charge is 0.331 e. The van der Waals surface area contributed by atoms with Gasteiger partial charge in [-0.05, 0) is 23.8 Å². The predicted octanol–water partition coefficient (Wildman–Crippen LogP) is 3.62. The first-order valence-corrected chi connectivity index (χ1v) is 10.2. The van der Waals surface area contributed by atoms with Crippen molar-refractivity contribution in [2.24, 2.45) is 14.1 Å². The first-order valence-electron chi connectivity index (χ1n) is 9.84. The third kappa shape index (κ3) is 2.88. The Labute approximate surface area is 181 Å². The monoisotopic (exact) mass is 439 g/mol. The van der Waals surface area contributed by atoms with E-state index in [1.807, 2.05) is 16.7 Å². The van der Waals surface area contributed by atoms with E-state index in [1.165, 1.54) is 17.7 Å². The van der Waals surface area contributed by atoms with Gasteiger partial charge in [-0.3, -0.25) is 13.9 Å². The van der Waals surface area contributed by atoms with E-state index in [4.69, 9.17) is 16.3 Å². The Bertz CT molecular complexity index is 1450. The van der Waals surface area contributed by atoms with Crippen molar-refractivity contribution in [2.45, 2.75) is 12.6 Å². The molecule has 1 aliphatic heterocycles. The van der Waals surface area contributed by atoms with Crippen molar-refractivity contribution in [3.05, 3.63) is 91.5 Å². The number of benzene rings is 2. The normalized spacial score (nSPS) is 15.9. The van der Waals surface area contributed by atoms with Gasteiger partial charge in [0.15, 0.2) is 0 Å². The highest BCUT2D eigenvalue weighted by Crippen LogP contribution is 2.41. The first kappa shape index (κ1) is 19.8. The molecule has 0 spiro atoms. The van der Waals surface area contributed by atoms with Gasteiger partial charge in [0.1, 0.15) is 11.9 Å². The van der Waals surface area contributed by atoms with Crippen molar-refractivity contribution in [3.63, 3.8) is 0 Å². The van der Waals surface area contributed by atoms with Crippen LogP contribution in [0.25, 0.3) is 22.2 Å². The Morgan fingerprint density at radius 1 is 1.03 bits per heavy atom. The Kier molecular flexibility index (Phi) is 4.60. The van der Waals surface area contributed by atoms with E-state index in [1.54, 1.807) is 37.4 Å². The number of nitrogens with zero attached hydrogens (tertiary/aromatic N) is 3. The summed E-state index contributed by atoms with van der Waals surface area (Å²) in [6.07, 6.45) is -0.754. The van der Waals surface area contributed by atoms with Gasteiger partial charge >= 0.3 is 5.69 Å². The SMILES string of the molecule is Cn1c(=O)c2c(-c3ccc(Cl)cc3)n3c(c2n(C)c1=O)[C@H](c1ccccc1F)OCC3. The highest BCUT2D eigenvalue weighted by atomic mass is 35.5. The number of hydrogen-bond donors (Lipinski definition) is 0. The van der Waals surface area contributed by atoms with E-state index in [0.717, 1.165) is 10.1 Å². The lowest BCUT2D eigenvalue weighted by Crippen LogP contribution is -2.37. The molecule has 0 bridgehead atoms.